The molecule has 0 aliphatic carbocycles. The second-order valence-electron chi connectivity index (χ2n) is 5.42. The molecule has 3 rings (SSSR count). The number of hydrogen-bond acceptors (Lipinski definition) is 1. The third kappa shape index (κ3) is 2.11. The van der Waals surface area contributed by atoms with Crippen molar-refractivity contribution in [2.45, 2.75) is 20.2 Å². The first-order valence-electron chi connectivity index (χ1n) is 7.81. The van der Waals surface area contributed by atoms with Gasteiger partial charge in [0.1, 0.15) is 12.7 Å². The Kier molecular flexibility index (Phi) is 2.55. The summed E-state index contributed by atoms with van der Waals surface area (Å²) in [6.45, 7) is 3.81. The van der Waals surface area contributed by atoms with Crippen LogP contribution in [0.2, 0.25) is 0 Å². The van der Waals surface area contributed by atoms with Gasteiger partial charge in [0.2, 0.25) is 11.5 Å². The molecule has 3 heterocycles. The summed E-state index contributed by atoms with van der Waals surface area (Å²) in [5.74, 6) is 0.783. The van der Waals surface area contributed by atoms with Crippen LogP contribution in [0.3, 0.4) is 0 Å². The number of aryl methyl sites for hydroxylation is 2. The molecule has 4 nitrogen and oxygen atoms in total. The highest BCUT2D eigenvalue weighted by Crippen LogP contribution is 2.20. The maximum Gasteiger partial charge on any atom is 0.230 e. The second kappa shape index (κ2) is 4.78. The molecule has 0 saturated heterocycles. The molecule has 0 aromatic carbocycles. The number of aromatic nitrogens is 4. The van der Waals surface area contributed by atoms with Crippen LogP contribution in [0, 0.1) is 5.92 Å². The lowest BCUT2D eigenvalue weighted by Crippen LogP contribution is -2.31. The lowest BCUT2D eigenvalue weighted by atomic mass is 10.0. The maximum absolute atomic E-state index is 8.32. The third-order valence-corrected chi connectivity index (χ3v) is 3.44. The molecule has 0 bridgehead atoms. The summed E-state index contributed by atoms with van der Waals surface area (Å²) in [5.41, 5.74) is 2.68. The normalized spacial score (nSPS) is 13.8. The number of hydrogen-bond donors (Lipinski definition) is 0. The van der Waals surface area contributed by atoms with Crippen LogP contribution in [0.25, 0.3) is 17.2 Å². The van der Waals surface area contributed by atoms with Crippen LogP contribution < -0.4 is 4.57 Å². The Labute approximate surface area is 122 Å². The van der Waals surface area contributed by atoms with Crippen LogP contribution in [0.15, 0.2) is 36.9 Å². The molecule has 0 spiro atoms. The maximum atomic E-state index is 8.32. The zero-order chi connectivity index (χ0) is 16.1. The fraction of sp³-hybridized carbons (Fsp3) is 0.375. The summed E-state index contributed by atoms with van der Waals surface area (Å²) in [5, 5.41) is 0. The Morgan fingerprint density at radius 1 is 1.45 bits per heavy atom. The lowest BCUT2D eigenvalue weighted by Gasteiger charge is -2.06. The Balaban J connectivity index is 2.18. The van der Waals surface area contributed by atoms with Gasteiger partial charge >= 0.3 is 0 Å². The van der Waals surface area contributed by atoms with Gasteiger partial charge < -0.3 is 4.57 Å². The van der Waals surface area contributed by atoms with Gasteiger partial charge in [0, 0.05) is 40.5 Å². The first-order valence-corrected chi connectivity index (χ1v) is 6.81. The highest BCUT2D eigenvalue weighted by molar-refractivity contribution is 5.56. The van der Waals surface area contributed by atoms with E-state index in [0.29, 0.717) is 5.56 Å². The van der Waals surface area contributed by atoms with E-state index in [1.807, 2.05) is 72.2 Å². The van der Waals surface area contributed by atoms with Gasteiger partial charge in [-0.25, -0.2) is 4.98 Å². The zero-order valence-electron chi connectivity index (χ0n) is 14.3. The summed E-state index contributed by atoms with van der Waals surface area (Å²) in [6.07, 6.45) is 6.27. The largest absolute Gasteiger partial charge is 0.308 e. The summed E-state index contributed by atoms with van der Waals surface area (Å²) >= 11 is 0. The average Bonchev–Trinajstić information content (AvgIpc) is 3.03. The number of imidazole rings is 2. The van der Waals surface area contributed by atoms with Gasteiger partial charge in [-0.2, -0.15) is 4.57 Å². The smallest absolute Gasteiger partial charge is 0.230 e. The monoisotopic (exact) mass is 271 g/mol. The standard InChI is InChI=1S/C16H21N4/c1-12(2)9-13-5-7-18(3)14(10-13)15-11-20-8-6-17-16(20)19(15)4/h5-8,10-12H,9H2,1-4H3/q+1/i9D2. The summed E-state index contributed by atoms with van der Waals surface area (Å²) in [4.78, 5) is 4.34. The van der Waals surface area contributed by atoms with E-state index in [0.717, 1.165) is 17.2 Å². The van der Waals surface area contributed by atoms with Crippen molar-refractivity contribution >= 4 is 5.78 Å². The minimum atomic E-state index is -1.35. The molecule has 0 amide bonds. The molecule has 3 aromatic heterocycles. The van der Waals surface area contributed by atoms with Crippen molar-refractivity contribution in [3.8, 4) is 11.4 Å². The Morgan fingerprint density at radius 3 is 2.95 bits per heavy atom. The van der Waals surface area contributed by atoms with Gasteiger partial charge in [-0.3, -0.25) is 4.40 Å². The van der Waals surface area contributed by atoms with Gasteiger partial charge in [0.15, 0.2) is 6.20 Å². The van der Waals surface area contributed by atoms with E-state index in [2.05, 4.69) is 4.98 Å². The molecule has 0 aliphatic rings. The molecule has 3 aromatic rings. The van der Waals surface area contributed by atoms with Crippen molar-refractivity contribution in [2.75, 3.05) is 0 Å². The van der Waals surface area contributed by atoms with Crippen LogP contribution in [0.1, 0.15) is 22.2 Å². The molecule has 4 heteroatoms. The van der Waals surface area contributed by atoms with E-state index in [1.165, 1.54) is 0 Å². The highest BCUT2D eigenvalue weighted by Gasteiger charge is 2.17. The Hall–Kier alpha value is -2.10. The minimum absolute atomic E-state index is 0.0845. The summed E-state index contributed by atoms with van der Waals surface area (Å²) < 4.78 is 22.6. The number of nitrogens with zero attached hydrogens (tertiary/aromatic N) is 4. The molecular formula is C16H21N4+. The fourth-order valence-corrected chi connectivity index (χ4v) is 2.48. The number of rotatable bonds is 3. The van der Waals surface area contributed by atoms with Crippen LogP contribution in [0.5, 0.6) is 0 Å². The Morgan fingerprint density at radius 2 is 2.25 bits per heavy atom. The van der Waals surface area contributed by atoms with Crippen molar-refractivity contribution in [3.05, 3.63) is 42.5 Å². The molecular weight excluding hydrogens is 248 g/mol. The molecule has 0 unspecified atom stereocenters. The van der Waals surface area contributed by atoms with E-state index in [-0.39, 0.29) is 5.92 Å². The third-order valence-electron chi connectivity index (χ3n) is 3.44. The SMILES string of the molecule is [2H]C([2H])(c1cc[n+](C)c(-c2cn3ccnc3n2C)c1)C(C)C. The quantitative estimate of drug-likeness (QED) is 0.672. The second-order valence-corrected chi connectivity index (χ2v) is 5.42. The van der Waals surface area contributed by atoms with Crippen molar-refractivity contribution in [1.82, 2.24) is 14.0 Å². The van der Waals surface area contributed by atoms with E-state index >= 15 is 0 Å². The predicted octanol–water partition coefficient (Wildman–Crippen LogP) is 2.36. The minimum Gasteiger partial charge on any atom is -0.308 e. The van der Waals surface area contributed by atoms with Gasteiger partial charge in [0.25, 0.3) is 0 Å². The molecule has 0 aliphatic heterocycles. The highest BCUT2D eigenvalue weighted by atomic mass is 15.2. The van der Waals surface area contributed by atoms with Crippen LogP contribution in [-0.2, 0) is 20.5 Å². The van der Waals surface area contributed by atoms with E-state index < -0.39 is 6.37 Å². The Bertz CT molecular complexity index is 830. The molecule has 0 fully saturated rings. The topological polar surface area (TPSA) is 26.1 Å². The van der Waals surface area contributed by atoms with E-state index in [1.54, 1.807) is 6.20 Å². The zero-order valence-corrected chi connectivity index (χ0v) is 12.3. The predicted molar refractivity (Wildman–Crippen MR) is 79.3 cm³/mol. The van der Waals surface area contributed by atoms with Gasteiger partial charge in [-0.05, 0) is 17.9 Å². The fourth-order valence-electron chi connectivity index (χ4n) is 2.48. The van der Waals surface area contributed by atoms with Gasteiger partial charge in [-0.15, -0.1) is 0 Å². The summed E-state index contributed by atoms with van der Waals surface area (Å²) in [6, 6.07) is 3.80. The molecule has 0 atom stereocenters. The first kappa shape index (κ1) is 10.7. The van der Waals surface area contributed by atoms with Gasteiger partial charge in [-0.1, -0.05) is 13.8 Å². The lowest BCUT2D eigenvalue weighted by molar-refractivity contribution is -0.660. The van der Waals surface area contributed by atoms with Crippen LogP contribution in [-0.4, -0.2) is 14.0 Å². The van der Waals surface area contributed by atoms with Crippen LogP contribution in [0.4, 0.5) is 0 Å². The molecule has 0 saturated carbocycles. The first-order chi connectivity index (χ1) is 10.3. The van der Waals surface area contributed by atoms with E-state index in [9.17, 15) is 0 Å². The molecule has 104 valence electrons. The molecule has 0 radical (unpaired) electrons. The van der Waals surface area contributed by atoms with Crippen molar-refractivity contribution < 1.29 is 7.31 Å². The summed E-state index contributed by atoms with van der Waals surface area (Å²) in [7, 11) is 3.95. The number of fused-ring (bicyclic) bond motifs is 1. The van der Waals surface area contributed by atoms with E-state index in [4.69, 9.17) is 2.74 Å². The molecule has 0 N–H and O–H groups in total. The van der Waals surface area contributed by atoms with Crippen molar-refractivity contribution in [1.29, 1.82) is 0 Å². The van der Waals surface area contributed by atoms with Gasteiger partial charge in [0.05, 0.1) is 0 Å². The van der Waals surface area contributed by atoms with Crippen LogP contribution >= 0.6 is 0 Å². The van der Waals surface area contributed by atoms with Crippen molar-refractivity contribution in [3.63, 3.8) is 0 Å². The molecule has 20 heavy (non-hydrogen) atoms. The number of pyridine rings is 1. The van der Waals surface area contributed by atoms with Crippen molar-refractivity contribution in [2.24, 2.45) is 20.0 Å². The average molecular weight is 271 g/mol.